The second-order valence-electron chi connectivity index (χ2n) is 3.57. The molecule has 0 saturated carbocycles. The molecule has 0 bridgehead atoms. The van der Waals surface area contributed by atoms with Crippen LogP contribution in [0.2, 0.25) is 0 Å². The highest BCUT2D eigenvalue weighted by Crippen LogP contribution is 2.18. The summed E-state index contributed by atoms with van der Waals surface area (Å²) in [7, 11) is 1.61. The van der Waals surface area contributed by atoms with E-state index in [4.69, 9.17) is 4.74 Å². The molecule has 5 nitrogen and oxygen atoms in total. The summed E-state index contributed by atoms with van der Waals surface area (Å²) in [6, 6.07) is -0.0719. The Morgan fingerprint density at radius 3 is 2.47 bits per heavy atom. The first kappa shape index (κ1) is 11.8. The number of urea groups is 1. The van der Waals surface area contributed by atoms with Crippen LogP contribution in [0.5, 0.6) is 0 Å². The van der Waals surface area contributed by atoms with Crippen LogP contribution in [0.15, 0.2) is 0 Å². The van der Waals surface area contributed by atoms with Crippen molar-refractivity contribution in [3.63, 3.8) is 0 Å². The Morgan fingerprint density at radius 2 is 2.00 bits per heavy atom. The van der Waals surface area contributed by atoms with E-state index in [-0.39, 0.29) is 17.9 Å². The van der Waals surface area contributed by atoms with Gasteiger partial charge in [-0.15, -0.1) is 0 Å². The zero-order valence-electron chi connectivity index (χ0n) is 9.28. The predicted molar refractivity (Wildman–Crippen MR) is 55.4 cm³/mol. The van der Waals surface area contributed by atoms with Gasteiger partial charge in [-0.2, -0.15) is 0 Å². The minimum absolute atomic E-state index is 0.0362. The van der Waals surface area contributed by atoms with Gasteiger partial charge in [0.25, 0.3) is 0 Å². The molecule has 0 spiro atoms. The van der Waals surface area contributed by atoms with Crippen molar-refractivity contribution in [3.05, 3.63) is 0 Å². The standard InChI is InChI=1S/C10H18N2O3/c1-3-15-9(13)8-4-6-12(7-5-8)10(14)11-2/h8H,3-7H2,1-2H3,(H,11,14). The van der Waals surface area contributed by atoms with Gasteiger partial charge in [0.2, 0.25) is 0 Å². The van der Waals surface area contributed by atoms with E-state index in [2.05, 4.69) is 5.32 Å². The Labute approximate surface area is 89.8 Å². The summed E-state index contributed by atoms with van der Waals surface area (Å²) < 4.78 is 4.95. The molecule has 1 aliphatic rings. The molecule has 86 valence electrons. The van der Waals surface area contributed by atoms with Crippen LogP contribution < -0.4 is 5.32 Å². The predicted octanol–water partition coefficient (Wildman–Crippen LogP) is 0.601. The summed E-state index contributed by atoms with van der Waals surface area (Å²) in [5, 5.41) is 2.57. The van der Waals surface area contributed by atoms with E-state index in [0.717, 1.165) is 0 Å². The van der Waals surface area contributed by atoms with Crippen LogP contribution in [-0.2, 0) is 9.53 Å². The third kappa shape index (κ3) is 3.11. The molecule has 1 aliphatic heterocycles. The number of piperidine rings is 1. The van der Waals surface area contributed by atoms with Gasteiger partial charge in [0.15, 0.2) is 0 Å². The molecule has 0 aromatic rings. The van der Waals surface area contributed by atoms with Crippen molar-refractivity contribution >= 4 is 12.0 Å². The summed E-state index contributed by atoms with van der Waals surface area (Å²) >= 11 is 0. The lowest BCUT2D eigenvalue weighted by atomic mass is 9.97. The van der Waals surface area contributed by atoms with Gasteiger partial charge >= 0.3 is 12.0 Å². The van der Waals surface area contributed by atoms with Gasteiger partial charge in [-0.05, 0) is 19.8 Å². The van der Waals surface area contributed by atoms with E-state index in [1.807, 2.05) is 0 Å². The van der Waals surface area contributed by atoms with Crippen LogP contribution in [-0.4, -0.2) is 43.6 Å². The average Bonchev–Trinajstić information content (AvgIpc) is 2.28. The first-order valence-electron chi connectivity index (χ1n) is 5.32. The van der Waals surface area contributed by atoms with Crippen LogP contribution in [0.4, 0.5) is 4.79 Å². The number of nitrogens with zero attached hydrogens (tertiary/aromatic N) is 1. The molecule has 15 heavy (non-hydrogen) atoms. The molecule has 0 atom stereocenters. The van der Waals surface area contributed by atoms with Crippen molar-refractivity contribution < 1.29 is 14.3 Å². The fourth-order valence-corrected chi connectivity index (χ4v) is 1.74. The van der Waals surface area contributed by atoms with Crippen molar-refractivity contribution in [3.8, 4) is 0 Å². The summed E-state index contributed by atoms with van der Waals surface area (Å²) in [5.74, 6) is -0.167. The Morgan fingerprint density at radius 1 is 1.40 bits per heavy atom. The molecule has 0 aromatic carbocycles. The highest BCUT2D eigenvalue weighted by atomic mass is 16.5. The summed E-state index contributed by atoms with van der Waals surface area (Å²) in [6.07, 6.45) is 1.40. The van der Waals surface area contributed by atoms with Crippen LogP contribution >= 0.6 is 0 Å². The molecule has 2 amide bonds. The maximum absolute atomic E-state index is 11.4. The molecule has 1 rings (SSSR count). The lowest BCUT2D eigenvalue weighted by Crippen LogP contribution is -2.44. The van der Waals surface area contributed by atoms with Crippen molar-refractivity contribution in [1.29, 1.82) is 0 Å². The molecule has 0 aliphatic carbocycles. The molecule has 1 saturated heterocycles. The molecule has 1 heterocycles. The minimum atomic E-state index is -0.131. The van der Waals surface area contributed by atoms with Gasteiger partial charge in [-0.1, -0.05) is 0 Å². The van der Waals surface area contributed by atoms with Crippen molar-refractivity contribution in [1.82, 2.24) is 10.2 Å². The highest BCUT2D eigenvalue weighted by molar-refractivity contribution is 5.75. The number of amides is 2. The van der Waals surface area contributed by atoms with Crippen LogP contribution in [0, 0.1) is 5.92 Å². The number of carbonyl (C=O) groups excluding carboxylic acids is 2. The number of likely N-dealkylation sites (tertiary alicyclic amines) is 1. The quantitative estimate of drug-likeness (QED) is 0.685. The molecular formula is C10H18N2O3. The van der Waals surface area contributed by atoms with Crippen molar-refractivity contribution in [2.75, 3.05) is 26.7 Å². The second-order valence-corrected chi connectivity index (χ2v) is 3.57. The van der Waals surface area contributed by atoms with Crippen LogP contribution in [0.25, 0.3) is 0 Å². The maximum atomic E-state index is 11.4. The monoisotopic (exact) mass is 214 g/mol. The van der Waals surface area contributed by atoms with Gasteiger partial charge in [-0.3, -0.25) is 4.79 Å². The number of esters is 1. The molecular weight excluding hydrogens is 196 g/mol. The number of rotatable bonds is 2. The Kier molecular flexibility index (Phi) is 4.39. The zero-order chi connectivity index (χ0) is 11.3. The fraction of sp³-hybridized carbons (Fsp3) is 0.800. The molecule has 1 fully saturated rings. The van der Waals surface area contributed by atoms with Gasteiger partial charge in [-0.25, -0.2) is 4.79 Å². The fourth-order valence-electron chi connectivity index (χ4n) is 1.74. The molecule has 5 heteroatoms. The largest absolute Gasteiger partial charge is 0.466 e. The average molecular weight is 214 g/mol. The van der Waals surface area contributed by atoms with Gasteiger partial charge in [0, 0.05) is 20.1 Å². The number of hydrogen-bond donors (Lipinski definition) is 1. The van der Waals surface area contributed by atoms with Crippen LogP contribution in [0.3, 0.4) is 0 Å². The minimum Gasteiger partial charge on any atom is -0.466 e. The third-order valence-corrected chi connectivity index (χ3v) is 2.62. The Balaban J connectivity index is 2.35. The SMILES string of the molecule is CCOC(=O)C1CCN(C(=O)NC)CC1. The summed E-state index contributed by atoms with van der Waals surface area (Å²) in [6.45, 7) is 3.48. The Bertz CT molecular complexity index is 235. The number of carbonyl (C=O) groups is 2. The van der Waals surface area contributed by atoms with Gasteiger partial charge in [0.1, 0.15) is 0 Å². The second kappa shape index (κ2) is 5.58. The van der Waals surface area contributed by atoms with Crippen molar-refractivity contribution in [2.24, 2.45) is 5.92 Å². The van der Waals surface area contributed by atoms with E-state index in [1.165, 1.54) is 0 Å². The van der Waals surface area contributed by atoms with E-state index >= 15 is 0 Å². The summed E-state index contributed by atoms with van der Waals surface area (Å²) in [5.41, 5.74) is 0. The first-order valence-corrected chi connectivity index (χ1v) is 5.32. The van der Waals surface area contributed by atoms with E-state index in [0.29, 0.717) is 32.5 Å². The maximum Gasteiger partial charge on any atom is 0.317 e. The highest BCUT2D eigenvalue weighted by Gasteiger charge is 2.27. The van der Waals surface area contributed by atoms with Gasteiger partial charge in [0.05, 0.1) is 12.5 Å². The topological polar surface area (TPSA) is 58.6 Å². The van der Waals surface area contributed by atoms with Gasteiger partial charge < -0.3 is 15.0 Å². The van der Waals surface area contributed by atoms with E-state index in [9.17, 15) is 9.59 Å². The van der Waals surface area contributed by atoms with Crippen LogP contribution in [0.1, 0.15) is 19.8 Å². The lowest BCUT2D eigenvalue weighted by molar-refractivity contribution is -0.149. The molecule has 0 radical (unpaired) electrons. The number of ether oxygens (including phenoxy) is 1. The molecule has 0 unspecified atom stereocenters. The smallest absolute Gasteiger partial charge is 0.317 e. The summed E-state index contributed by atoms with van der Waals surface area (Å²) in [4.78, 5) is 24.4. The normalized spacial score (nSPS) is 17.3. The van der Waals surface area contributed by atoms with E-state index in [1.54, 1.807) is 18.9 Å². The lowest BCUT2D eigenvalue weighted by Gasteiger charge is -2.30. The van der Waals surface area contributed by atoms with E-state index < -0.39 is 0 Å². The number of nitrogens with one attached hydrogen (secondary N) is 1. The third-order valence-electron chi connectivity index (χ3n) is 2.62. The number of hydrogen-bond acceptors (Lipinski definition) is 3. The Hall–Kier alpha value is -1.26. The molecule has 1 N–H and O–H groups in total. The first-order chi connectivity index (χ1) is 7.19. The van der Waals surface area contributed by atoms with Crippen molar-refractivity contribution in [2.45, 2.75) is 19.8 Å². The zero-order valence-corrected chi connectivity index (χ0v) is 9.28. The molecule has 0 aromatic heterocycles.